The van der Waals surface area contributed by atoms with Crippen molar-refractivity contribution in [3.8, 4) is 0 Å². The molecule has 0 saturated carbocycles. The van der Waals surface area contributed by atoms with Gasteiger partial charge in [-0.05, 0) is 25.5 Å². The third-order valence-electron chi connectivity index (χ3n) is 2.11. The normalized spacial score (nSPS) is 11.8. The van der Waals surface area contributed by atoms with Crippen LogP contribution in [0.1, 0.15) is 30.1 Å². The Bertz CT molecular complexity index is 365. The average molecular weight is 222 g/mol. The number of carboxylic acid groups (broad SMARTS) is 1. The highest BCUT2D eigenvalue weighted by atomic mass is 16.4. The minimum absolute atomic E-state index is 0.0534. The van der Waals surface area contributed by atoms with E-state index in [1.165, 1.54) is 12.4 Å². The summed E-state index contributed by atoms with van der Waals surface area (Å²) < 4.78 is 0. The van der Waals surface area contributed by atoms with E-state index in [2.05, 4.69) is 10.3 Å². The molecule has 0 fully saturated rings. The predicted molar refractivity (Wildman–Crippen MR) is 58.0 cm³/mol. The third kappa shape index (κ3) is 4.08. The molecule has 5 heteroatoms. The van der Waals surface area contributed by atoms with Gasteiger partial charge >= 0.3 is 5.97 Å². The topological polar surface area (TPSA) is 79.3 Å². The molecule has 2 N–H and O–H groups in total. The fourth-order valence-corrected chi connectivity index (χ4v) is 1.22. The lowest BCUT2D eigenvalue weighted by Gasteiger charge is -2.12. The Kier molecular flexibility index (Phi) is 4.44. The minimum Gasteiger partial charge on any atom is -0.481 e. The highest BCUT2D eigenvalue weighted by Gasteiger charge is 2.10. The number of carboxylic acids is 1. The fourth-order valence-electron chi connectivity index (χ4n) is 1.22. The van der Waals surface area contributed by atoms with Gasteiger partial charge in [0.25, 0.3) is 5.91 Å². The highest BCUT2D eigenvalue weighted by Crippen LogP contribution is 2.00. The van der Waals surface area contributed by atoms with Crippen molar-refractivity contribution >= 4 is 11.9 Å². The number of rotatable bonds is 5. The summed E-state index contributed by atoms with van der Waals surface area (Å²) in [4.78, 5) is 25.8. The van der Waals surface area contributed by atoms with Gasteiger partial charge in [-0.25, -0.2) is 0 Å². The van der Waals surface area contributed by atoms with E-state index in [4.69, 9.17) is 5.11 Å². The zero-order valence-electron chi connectivity index (χ0n) is 9.01. The molecule has 0 aliphatic rings. The monoisotopic (exact) mass is 222 g/mol. The molecule has 1 aromatic heterocycles. The number of nitrogens with zero attached hydrogens (tertiary/aromatic N) is 1. The number of aliphatic carboxylic acids is 1. The van der Waals surface area contributed by atoms with Gasteiger partial charge in [0.1, 0.15) is 0 Å². The zero-order valence-corrected chi connectivity index (χ0v) is 9.01. The zero-order chi connectivity index (χ0) is 12.0. The lowest BCUT2D eigenvalue weighted by molar-refractivity contribution is -0.137. The molecule has 0 radical (unpaired) electrons. The summed E-state index contributed by atoms with van der Waals surface area (Å²) in [7, 11) is 0. The van der Waals surface area contributed by atoms with Crippen LogP contribution in [0.2, 0.25) is 0 Å². The maximum atomic E-state index is 11.6. The number of carbonyl (C=O) groups excluding carboxylic acids is 1. The maximum Gasteiger partial charge on any atom is 0.303 e. The van der Waals surface area contributed by atoms with Crippen LogP contribution in [0.4, 0.5) is 0 Å². The van der Waals surface area contributed by atoms with Crippen molar-refractivity contribution in [3.05, 3.63) is 30.1 Å². The number of aromatic nitrogens is 1. The molecule has 1 heterocycles. The summed E-state index contributed by atoms with van der Waals surface area (Å²) in [6.45, 7) is 1.78. The van der Waals surface area contributed by atoms with E-state index in [0.717, 1.165) is 0 Å². The van der Waals surface area contributed by atoms with Crippen molar-refractivity contribution in [2.75, 3.05) is 0 Å². The van der Waals surface area contributed by atoms with Crippen LogP contribution in [0.25, 0.3) is 0 Å². The van der Waals surface area contributed by atoms with Crippen LogP contribution < -0.4 is 5.32 Å². The van der Waals surface area contributed by atoms with Crippen molar-refractivity contribution in [2.24, 2.45) is 0 Å². The molecule has 5 nitrogen and oxygen atoms in total. The quantitative estimate of drug-likeness (QED) is 0.780. The van der Waals surface area contributed by atoms with Crippen molar-refractivity contribution < 1.29 is 14.7 Å². The number of nitrogens with one attached hydrogen (secondary N) is 1. The largest absolute Gasteiger partial charge is 0.481 e. The molecule has 1 amide bonds. The van der Waals surface area contributed by atoms with E-state index in [9.17, 15) is 9.59 Å². The van der Waals surface area contributed by atoms with Crippen molar-refractivity contribution in [1.82, 2.24) is 10.3 Å². The minimum atomic E-state index is -0.856. The van der Waals surface area contributed by atoms with Gasteiger partial charge in [-0.15, -0.1) is 0 Å². The number of carbonyl (C=O) groups is 2. The molecule has 0 aromatic carbocycles. The van der Waals surface area contributed by atoms with Crippen molar-refractivity contribution in [1.29, 1.82) is 0 Å². The van der Waals surface area contributed by atoms with Crippen LogP contribution in [-0.4, -0.2) is 28.0 Å². The molecule has 0 aliphatic heterocycles. The Labute approximate surface area is 93.5 Å². The summed E-state index contributed by atoms with van der Waals surface area (Å²) in [6.07, 6.45) is 3.55. The summed E-state index contributed by atoms with van der Waals surface area (Å²) in [6, 6.07) is 3.06. The van der Waals surface area contributed by atoms with E-state index in [1.807, 2.05) is 0 Å². The Morgan fingerprint density at radius 2 is 2.06 bits per heavy atom. The van der Waals surface area contributed by atoms with Crippen LogP contribution >= 0.6 is 0 Å². The maximum absolute atomic E-state index is 11.6. The number of hydrogen-bond acceptors (Lipinski definition) is 3. The molecular formula is C11H14N2O3. The van der Waals surface area contributed by atoms with Gasteiger partial charge in [0, 0.05) is 30.4 Å². The average Bonchev–Trinajstić information content (AvgIpc) is 2.27. The first-order valence-corrected chi connectivity index (χ1v) is 5.02. The van der Waals surface area contributed by atoms with Gasteiger partial charge in [-0.3, -0.25) is 14.6 Å². The Hall–Kier alpha value is -1.91. The summed E-state index contributed by atoms with van der Waals surface area (Å²) in [5.41, 5.74) is 0.525. The Morgan fingerprint density at radius 1 is 1.44 bits per heavy atom. The molecule has 1 atom stereocenters. The molecule has 1 aromatic rings. The smallest absolute Gasteiger partial charge is 0.303 e. The van der Waals surface area contributed by atoms with E-state index in [1.54, 1.807) is 19.1 Å². The van der Waals surface area contributed by atoms with Gasteiger partial charge < -0.3 is 10.4 Å². The molecule has 1 rings (SSSR count). The lowest BCUT2D eigenvalue weighted by Crippen LogP contribution is -2.32. The second-order valence-corrected chi connectivity index (χ2v) is 3.54. The predicted octanol–water partition coefficient (Wildman–Crippen LogP) is 1.06. The Balaban J connectivity index is 2.43. The molecule has 0 saturated heterocycles. The Morgan fingerprint density at radius 3 is 2.62 bits per heavy atom. The van der Waals surface area contributed by atoms with Crippen LogP contribution in [0, 0.1) is 0 Å². The molecule has 0 aliphatic carbocycles. The van der Waals surface area contributed by atoms with Gasteiger partial charge in [0.15, 0.2) is 0 Å². The van der Waals surface area contributed by atoms with Crippen LogP contribution in [0.3, 0.4) is 0 Å². The van der Waals surface area contributed by atoms with E-state index >= 15 is 0 Å². The first-order chi connectivity index (χ1) is 7.59. The van der Waals surface area contributed by atoms with E-state index in [0.29, 0.717) is 12.0 Å². The standard InChI is InChI=1S/C11H14N2O3/c1-8(2-3-10(14)15)13-11(16)9-4-6-12-7-5-9/h4-8H,2-3H2,1H3,(H,13,16)(H,14,15). The van der Waals surface area contributed by atoms with Gasteiger partial charge in [-0.1, -0.05) is 0 Å². The van der Waals surface area contributed by atoms with Crippen LogP contribution in [-0.2, 0) is 4.79 Å². The third-order valence-corrected chi connectivity index (χ3v) is 2.11. The van der Waals surface area contributed by atoms with E-state index < -0.39 is 5.97 Å². The van der Waals surface area contributed by atoms with E-state index in [-0.39, 0.29) is 18.4 Å². The number of amides is 1. The number of hydrogen-bond donors (Lipinski definition) is 2. The summed E-state index contributed by atoms with van der Waals surface area (Å²) in [5, 5.41) is 11.2. The molecule has 0 spiro atoms. The van der Waals surface area contributed by atoms with Crippen LogP contribution in [0.15, 0.2) is 24.5 Å². The highest BCUT2D eigenvalue weighted by molar-refractivity contribution is 5.94. The first-order valence-electron chi connectivity index (χ1n) is 5.02. The summed E-state index contributed by atoms with van der Waals surface area (Å²) >= 11 is 0. The van der Waals surface area contributed by atoms with Gasteiger partial charge in [-0.2, -0.15) is 0 Å². The number of pyridine rings is 1. The van der Waals surface area contributed by atoms with Gasteiger partial charge in [0.2, 0.25) is 0 Å². The lowest BCUT2D eigenvalue weighted by atomic mass is 10.1. The second kappa shape index (κ2) is 5.85. The molecule has 16 heavy (non-hydrogen) atoms. The second-order valence-electron chi connectivity index (χ2n) is 3.54. The van der Waals surface area contributed by atoms with Gasteiger partial charge in [0.05, 0.1) is 0 Å². The van der Waals surface area contributed by atoms with Crippen molar-refractivity contribution in [3.63, 3.8) is 0 Å². The SMILES string of the molecule is CC(CCC(=O)O)NC(=O)c1ccncc1. The van der Waals surface area contributed by atoms with Crippen LogP contribution in [0.5, 0.6) is 0 Å². The fraction of sp³-hybridized carbons (Fsp3) is 0.364. The molecule has 1 unspecified atom stereocenters. The molecule has 0 bridgehead atoms. The van der Waals surface area contributed by atoms with Crippen molar-refractivity contribution in [2.45, 2.75) is 25.8 Å². The molecular weight excluding hydrogens is 208 g/mol. The first kappa shape index (κ1) is 12.2. The summed E-state index contributed by atoms with van der Waals surface area (Å²) in [5.74, 6) is -1.06. The molecule has 86 valence electrons.